The molecule has 1 aromatic carbocycles. The van der Waals surface area contributed by atoms with E-state index in [-0.39, 0.29) is 12.4 Å². The molecule has 0 atom stereocenters. The lowest BCUT2D eigenvalue weighted by molar-refractivity contribution is 0.283. The Bertz CT molecular complexity index is 466. The lowest BCUT2D eigenvalue weighted by atomic mass is 10.1. The Morgan fingerprint density at radius 2 is 2.14 bits per heavy atom. The SMILES string of the molecule is OCc1ccc(F)c2c(CCl)csc12. The Kier molecular flexibility index (Phi) is 2.72. The van der Waals surface area contributed by atoms with Gasteiger partial charge >= 0.3 is 0 Å². The molecule has 0 aliphatic heterocycles. The van der Waals surface area contributed by atoms with Crippen molar-refractivity contribution in [2.24, 2.45) is 0 Å². The number of fused-ring (bicyclic) bond motifs is 1. The van der Waals surface area contributed by atoms with Crippen LogP contribution in [0.25, 0.3) is 10.1 Å². The van der Waals surface area contributed by atoms with Gasteiger partial charge in [0.2, 0.25) is 0 Å². The third-order valence-corrected chi connectivity index (χ3v) is 3.54. The summed E-state index contributed by atoms with van der Waals surface area (Å²) in [5.74, 6) is 0.0281. The standard InChI is InChI=1S/C10H8ClFOS/c11-3-7-5-14-10-6(4-13)1-2-8(12)9(7)10/h1-2,5,13H,3-4H2. The van der Waals surface area contributed by atoms with Gasteiger partial charge in [-0.2, -0.15) is 0 Å². The molecule has 4 heteroatoms. The van der Waals surface area contributed by atoms with E-state index in [0.717, 1.165) is 15.8 Å². The third kappa shape index (κ3) is 1.41. The number of hydrogen-bond acceptors (Lipinski definition) is 2. The van der Waals surface area contributed by atoms with Crippen molar-refractivity contribution in [3.63, 3.8) is 0 Å². The van der Waals surface area contributed by atoms with Crippen molar-refractivity contribution in [1.29, 1.82) is 0 Å². The van der Waals surface area contributed by atoms with Crippen LogP contribution in [-0.4, -0.2) is 5.11 Å². The number of halogens is 2. The van der Waals surface area contributed by atoms with Gasteiger partial charge in [0.15, 0.2) is 0 Å². The molecule has 1 N–H and O–H groups in total. The van der Waals surface area contributed by atoms with E-state index in [1.165, 1.54) is 17.4 Å². The Balaban J connectivity index is 2.80. The zero-order valence-electron chi connectivity index (χ0n) is 7.26. The molecule has 0 fully saturated rings. The molecule has 0 bridgehead atoms. The quantitative estimate of drug-likeness (QED) is 0.786. The molecule has 0 amide bonds. The molecule has 0 aliphatic carbocycles. The van der Waals surface area contributed by atoms with Crippen molar-refractivity contribution < 1.29 is 9.50 Å². The van der Waals surface area contributed by atoms with Crippen LogP contribution in [0.1, 0.15) is 11.1 Å². The molecule has 0 radical (unpaired) electrons. The second kappa shape index (κ2) is 3.85. The topological polar surface area (TPSA) is 20.2 Å². The average molecular weight is 231 g/mol. The highest BCUT2D eigenvalue weighted by atomic mass is 35.5. The van der Waals surface area contributed by atoms with Crippen LogP contribution in [0, 0.1) is 5.82 Å². The van der Waals surface area contributed by atoms with Gasteiger partial charge in [-0.15, -0.1) is 22.9 Å². The summed E-state index contributed by atoms with van der Waals surface area (Å²) >= 11 is 7.11. The molecule has 0 unspecified atom stereocenters. The minimum Gasteiger partial charge on any atom is -0.392 e. The van der Waals surface area contributed by atoms with Crippen molar-refractivity contribution in [3.8, 4) is 0 Å². The molecule has 0 aliphatic rings. The van der Waals surface area contributed by atoms with Crippen LogP contribution in [0.4, 0.5) is 4.39 Å². The Morgan fingerprint density at radius 1 is 1.36 bits per heavy atom. The fourth-order valence-corrected chi connectivity index (χ4v) is 2.84. The summed E-state index contributed by atoms with van der Waals surface area (Å²) in [5.41, 5.74) is 1.54. The van der Waals surface area contributed by atoms with Crippen molar-refractivity contribution in [2.75, 3.05) is 0 Å². The van der Waals surface area contributed by atoms with Crippen LogP contribution in [0.2, 0.25) is 0 Å². The largest absolute Gasteiger partial charge is 0.392 e. The molecule has 2 rings (SSSR count). The number of hydrogen-bond donors (Lipinski definition) is 1. The van der Waals surface area contributed by atoms with E-state index in [2.05, 4.69) is 0 Å². The number of rotatable bonds is 2. The maximum Gasteiger partial charge on any atom is 0.132 e. The Hall–Kier alpha value is -0.640. The molecule has 0 saturated carbocycles. The summed E-state index contributed by atoms with van der Waals surface area (Å²) in [4.78, 5) is 0. The number of benzene rings is 1. The number of thiophene rings is 1. The van der Waals surface area contributed by atoms with Gasteiger partial charge in [-0.05, 0) is 22.6 Å². The van der Waals surface area contributed by atoms with Crippen LogP contribution in [0.5, 0.6) is 0 Å². The first-order chi connectivity index (χ1) is 6.77. The summed E-state index contributed by atoms with van der Waals surface area (Å²) in [6.07, 6.45) is 0. The summed E-state index contributed by atoms with van der Waals surface area (Å²) in [6.45, 7) is -0.0704. The lowest BCUT2D eigenvalue weighted by Crippen LogP contribution is -1.86. The normalized spacial score (nSPS) is 11.1. The second-order valence-corrected chi connectivity index (χ2v) is 4.11. The highest BCUT2D eigenvalue weighted by Gasteiger charge is 2.11. The predicted molar refractivity (Wildman–Crippen MR) is 57.3 cm³/mol. The minimum absolute atomic E-state index is 0.0704. The first kappa shape index (κ1) is 9.90. The number of aliphatic hydroxyl groups is 1. The molecule has 1 nitrogen and oxygen atoms in total. The lowest BCUT2D eigenvalue weighted by Gasteiger charge is -2.00. The average Bonchev–Trinajstić information content (AvgIpc) is 2.63. The van der Waals surface area contributed by atoms with E-state index < -0.39 is 0 Å². The second-order valence-electron chi connectivity index (χ2n) is 2.96. The van der Waals surface area contributed by atoms with Gasteiger partial charge in [0.1, 0.15) is 5.82 Å². The van der Waals surface area contributed by atoms with Crippen LogP contribution in [-0.2, 0) is 12.5 Å². The molecular weight excluding hydrogens is 223 g/mol. The van der Waals surface area contributed by atoms with Gasteiger partial charge in [0.25, 0.3) is 0 Å². The van der Waals surface area contributed by atoms with Gasteiger partial charge in [-0.25, -0.2) is 4.39 Å². The van der Waals surface area contributed by atoms with Crippen molar-refractivity contribution in [1.82, 2.24) is 0 Å². The van der Waals surface area contributed by atoms with Crippen molar-refractivity contribution in [2.45, 2.75) is 12.5 Å². The summed E-state index contributed by atoms with van der Waals surface area (Å²) in [7, 11) is 0. The molecular formula is C10H8ClFOS. The smallest absolute Gasteiger partial charge is 0.132 e. The molecule has 14 heavy (non-hydrogen) atoms. The van der Waals surface area contributed by atoms with Gasteiger partial charge in [0.05, 0.1) is 6.61 Å². The van der Waals surface area contributed by atoms with E-state index in [9.17, 15) is 4.39 Å². The molecule has 1 heterocycles. The molecule has 1 aromatic heterocycles. The zero-order valence-corrected chi connectivity index (χ0v) is 8.83. The maximum atomic E-state index is 13.4. The van der Waals surface area contributed by atoms with E-state index in [0.29, 0.717) is 11.3 Å². The monoisotopic (exact) mass is 230 g/mol. The molecule has 74 valence electrons. The highest BCUT2D eigenvalue weighted by molar-refractivity contribution is 7.17. The highest BCUT2D eigenvalue weighted by Crippen LogP contribution is 2.32. The van der Waals surface area contributed by atoms with Crippen LogP contribution < -0.4 is 0 Å². The number of alkyl halides is 1. The van der Waals surface area contributed by atoms with Gasteiger partial charge < -0.3 is 5.11 Å². The van der Waals surface area contributed by atoms with Gasteiger partial charge in [0, 0.05) is 16.0 Å². The summed E-state index contributed by atoms with van der Waals surface area (Å²) < 4.78 is 14.2. The Labute approximate surface area is 89.7 Å². The van der Waals surface area contributed by atoms with E-state index >= 15 is 0 Å². The summed E-state index contributed by atoms with van der Waals surface area (Å²) in [5, 5.41) is 11.4. The molecule has 2 aromatic rings. The zero-order chi connectivity index (χ0) is 10.1. The first-order valence-electron chi connectivity index (χ1n) is 4.12. The molecule has 0 saturated heterocycles. The fraction of sp³-hybridized carbons (Fsp3) is 0.200. The number of aliphatic hydroxyl groups excluding tert-OH is 1. The van der Waals surface area contributed by atoms with Crippen molar-refractivity contribution >= 4 is 33.0 Å². The minimum atomic E-state index is -0.269. The summed E-state index contributed by atoms with van der Waals surface area (Å²) in [6, 6.07) is 2.98. The fourth-order valence-electron chi connectivity index (χ4n) is 1.45. The first-order valence-corrected chi connectivity index (χ1v) is 5.53. The Morgan fingerprint density at radius 3 is 2.79 bits per heavy atom. The van der Waals surface area contributed by atoms with E-state index in [1.54, 1.807) is 6.07 Å². The van der Waals surface area contributed by atoms with E-state index in [1.807, 2.05) is 5.38 Å². The molecule has 0 spiro atoms. The predicted octanol–water partition coefficient (Wildman–Crippen LogP) is 3.27. The van der Waals surface area contributed by atoms with E-state index in [4.69, 9.17) is 16.7 Å². The van der Waals surface area contributed by atoms with Crippen LogP contribution >= 0.6 is 22.9 Å². The third-order valence-electron chi connectivity index (χ3n) is 2.14. The van der Waals surface area contributed by atoms with Gasteiger partial charge in [-0.3, -0.25) is 0 Å². The van der Waals surface area contributed by atoms with Crippen LogP contribution in [0.3, 0.4) is 0 Å². The van der Waals surface area contributed by atoms with Crippen molar-refractivity contribution in [3.05, 3.63) is 34.5 Å². The van der Waals surface area contributed by atoms with Gasteiger partial charge in [-0.1, -0.05) is 6.07 Å². The van der Waals surface area contributed by atoms with Crippen LogP contribution in [0.15, 0.2) is 17.5 Å². The maximum absolute atomic E-state index is 13.4.